The summed E-state index contributed by atoms with van der Waals surface area (Å²) < 4.78 is 7.40. The topological polar surface area (TPSA) is 44.1 Å². The van der Waals surface area contributed by atoms with Crippen molar-refractivity contribution in [2.45, 2.75) is 0 Å². The van der Waals surface area contributed by atoms with Crippen molar-refractivity contribution in [3.63, 3.8) is 0 Å². The first-order valence-electron chi connectivity index (χ1n) is 6.18. The van der Waals surface area contributed by atoms with Gasteiger partial charge in [0.05, 0.1) is 17.4 Å². The Morgan fingerprint density at radius 3 is 2.55 bits per heavy atom. The van der Waals surface area contributed by atoms with E-state index in [0.717, 1.165) is 23.5 Å². The number of carbonyl (C=O) groups is 1. The first kappa shape index (κ1) is 12.2. The molecule has 0 aliphatic rings. The van der Waals surface area contributed by atoms with Crippen LogP contribution in [0.5, 0.6) is 11.5 Å². The molecule has 3 aromatic rings. The molecule has 0 fully saturated rings. The molecule has 0 spiro atoms. The van der Waals surface area contributed by atoms with Gasteiger partial charge in [0.15, 0.2) is 6.29 Å². The molecule has 0 aliphatic heterocycles. The third-order valence-electron chi connectivity index (χ3n) is 2.80. The fourth-order valence-electron chi connectivity index (χ4n) is 1.85. The summed E-state index contributed by atoms with van der Waals surface area (Å²) in [7, 11) is 0. The molecule has 0 amide bonds. The minimum Gasteiger partial charge on any atom is -0.457 e. The second kappa shape index (κ2) is 5.40. The lowest BCUT2D eigenvalue weighted by Gasteiger charge is -2.07. The molecule has 4 heteroatoms. The molecule has 0 N–H and O–H groups in total. The van der Waals surface area contributed by atoms with Gasteiger partial charge in [-0.1, -0.05) is 24.3 Å². The van der Waals surface area contributed by atoms with Gasteiger partial charge in [-0.25, -0.2) is 4.68 Å². The fourth-order valence-corrected chi connectivity index (χ4v) is 1.85. The van der Waals surface area contributed by atoms with Crippen molar-refractivity contribution >= 4 is 6.29 Å². The highest BCUT2D eigenvalue weighted by molar-refractivity contribution is 5.73. The van der Waals surface area contributed by atoms with E-state index in [2.05, 4.69) is 5.10 Å². The molecule has 1 aromatic heterocycles. The van der Waals surface area contributed by atoms with Gasteiger partial charge in [0.25, 0.3) is 0 Å². The highest BCUT2D eigenvalue weighted by Crippen LogP contribution is 2.23. The summed E-state index contributed by atoms with van der Waals surface area (Å²) in [6, 6.07) is 17.1. The maximum Gasteiger partial charge on any atom is 0.153 e. The van der Waals surface area contributed by atoms with Crippen molar-refractivity contribution in [2.75, 3.05) is 0 Å². The van der Waals surface area contributed by atoms with E-state index >= 15 is 0 Å². The van der Waals surface area contributed by atoms with Gasteiger partial charge in [0, 0.05) is 12.3 Å². The van der Waals surface area contributed by atoms with E-state index in [9.17, 15) is 4.79 Å². The van der Waals surface area contributed by atoms with Crippen molar-refractivity contribution in [1.29, 1.82) is 0 Å². The number of ether oxygens (including phenoxy) is 1. The Kier molecular flexibility index (Phi) is 3.29. The van der Waals surface area contributed by atoms with E-state index in [4.69, 9.17) is 4.74 Å². The molecule has 2 aromatic carbocycles. The predicted molar refractivity (Wildman–Crippen MR) is 75.5 cm³/mol. The van der Waals surface area contributed by atoms with E-state index in [1.165, 1.54) is 6.20 Å². The quantitative estimate of drug-likeness (QED) is 0.678. The van der Waals surface area contributed by atoms with Crippen LogP contribution in [0, 0.1) is 0 Å². The molecule has 4 nitrogen and oxygen atoms in total. The van der Waals surface area contributed by atoms with Crippen molar-refractivity contribution in [2.24, 2.45) is 0 Å². The zero-order valence-corrected chi connectivity index (χ0v) is 10.6. The number of rotatable bonds is 4. The first-order chi connectivity index (χ1) is 9.85. The average Bonchev–Trinajstić information content (AvgIpc) is 2.98. The standard InChI is InChI=1S/C16H12N2O2/c19-12-13-10-17-18(11-13)14-5-4-8-16(9-14)20-15-6-2-1-3-7-15/h1-12H. The van der Waals surface area contributed by atoms with Crippen LogP contribution >= 0.6 is 0 Å². The second-order valence-corrected chi connectivity index (χ2v) is 4.25. The predicted octanol–water partition coefficient (Wildman–Crippen LogP) is 3.48. The molecule has 1 heterocycles. The van der Waals surface area contributed by atoms with E-state index in [1.807, 2.05) is 54.6 Å². The van der Waals surface area contributed by atoms with E-state index in [1.54, 1.807) is 10.9 Å². The molecule has 0 bridgehead atoms. The van der Waals surface area contributed by atoms with Crippen molar-refractivity contribution in [1.82, 2.24) is 9.78 Å². The number of para-hydroxylation sites is 1. The number of hydrogen-bond acceptors (Lipinski definition) is 3. The number of aromatic nitrogens is 2. The lowest BCUT2D eigenvalue weighted by Crippen LogP contribution is -1.94. The third kappa shape index (κ3) is 2.59. The maximum atomic E-state index is 10.7. The molecule has 3 rings (SSSR count). The summed E-state index contributed by atoms with van der Waals surface area (Å²) in [5.41, 5.74) is 1.38. The second-order valence-electron chi connectivity index (χ2n) is 4.25. The van der Waals surface area contributed by atoms with Crippen molar-refractivity contribution in [3.8, 4) is 17.2 Å². The van der Waals surface area contributed by atoms with Gasteiger partial charge in [-0.05, 0) is 24.3 Å². The Labute approximate surface area is 116 Å². The van der Waals surface area contributed by atoms with Crippen LogP contribution in [0.15, 0.2) is 67.0 Å². The minimum absolute atomic E-state index is 0.541. The molecule has 98 valence electrons. The smallest absolute Gasteiger partial charge is 0.153 e. The molecule has 0 saturated carbocycles. The molecule has 0 unspecified atom stereocenters. The summed E-state index contributed by atoms with van der Waals surface area (Å²) in [6.45, 7) is 0. The highest BCUT2D eigenvalue weighted by Gasteiger charge is 2.02. The van der Waals surface area contributed by atoms with Gasteiger partial charge in [-0.3, -0.25) is 4.79 Å². The van der Waals surface area contributed by atoms with Crippen LogP contribution in [-0.2, 0) is 0 Å². The van der Waals surface area contributed by atoms with Gasteiger partial charge < -0.3 is 4.74 Å². The lowest BCUT2D eigenvalue weighted by molar-refractivity contribution is 0.112. The summed E-state index contributed by atoms with van der Waals surface area (Å²) in [5, 5.41) is 4.14. The van der Waals surface area contributed by atoms with Crippen LogP contribution in [0.25, 0.3) is 5.69 Å². The zero-order valence-electron chi connectivity index (χ0n) is 10.6. The fraction of sp³-hybridized carbons (Fsp3) is 0. The van der Waals surface area contributed by atoms with Crippen molar-refractivity contribution < 1.29 is 9.53 Å². The monoisotopic (exact) mass is 264 g/mol. The van der Waals surface area contributed by atoms with Crippen LogP contribution in [0.1, 0.15) is 10.4 Å². The van der Waals surface area contributed by atoms with Crippen LogP contribution in [0.4, 0.5) is 0 Å². The Hall–Kier alpha value is -2.88. The Morgan fingerprint density at radius 2 is 1.80 bits per heavy atom. The number of nitrogens with zero attached hydrogens (tertiary/aromatic N) is 2. The summed E-state index contributed by atoms with van der Waals surface area (Å²) in [6.07, 6.45) is 3.97. The normalized spacial score (nSPS) is 10.2. The molecule has 0 radical (unpaired) electrons. The zero-order chi connectivity index (χ0) is 13.8. The van der Waals surface area contributed by atoms with Gasteiger partial charge in [0.2, 0.25) is 0 Å². The summed E-state index contributed by atoms with van der Waals surface area (Å²) >= 11 is 0. The highest BCUT2D eigenvalue weighted by atomic mass is 16.5. The lowest BCUT2D eigenvalue weighted by atomic mass is 10.3. The Balaban J connectivity index is 1.87. The molecular formula is C16H12N2O2. The van der Waals surface area contributed by atoms with Crippen LogP contribution < -0.4 is 4.74 Å². The maximum absolute atomic E-state index is 10.7. The number of aldehydes is 1. The molecular weight excluding hydrogens is 252 g/mol. The number of hydrogen-bond donors (Lipinski definition) is 0. The minimum atomic E-state index is 0.541. The van der Waals surface area contributed by atoms with E-state index < -0.39 is 0 Å². The Bertz CT molecular complexity index is 720. The van der Waals surface area contributed by atoms with Gasteiger partial charge in [0.1, 0.15) is 11.5 Å². The molecule has 20 heavy (non-hydrogen) atoms. The SMILES string of the molecule is O=Cc1cnn(-c2cccc(Oc3ccccc3)c2)c1. The van der Waals surface area contributed by atoms with Gasteiger partial charge in [-0.15, -0.1) is 0 Å². The van der Waals surface area contributed by atoms with Crippen molar-refractivity contribution in [3.05, 3.63) is 72.6 Å². The van der Waals surface area contributed by atoms with Gasteiger partial charge in [-0.2, -0.15) is 5.10 Å². The largest absolute Gasteiger partial charge is 0.457 e. The van der Waals surface area contributed by atoms with Crippen LogP contribution in [0.3, 0.4) is 0 Å². The van der Waals surface area contributed by atoms with E-state index in [0.29, 0.717) is 5.56 Å². The average molecular weight is 264 g/mol. The molecule has 0 saturated heterocycles. The van der Waals surface area contributed by atoms with Crippen LogP contribution in [0.2, 0.25) is 0 Å². The van der Waals surface area contributed by atoms with E-state index in [-0.39, 0.29) is 0 Å². The van der Waals surface area contributed by atoms with Gasteiger partial charge >= 0.3 is 0 Å². The van der Waals surface area contributed by atoms with Crippen LogP contribution in [-0.4, -0.2) is 16.1 Å². The number of carbonyl (C=O) groups excluding carboxylic acids is 1. The first-order valence-corrected chi connectivity index (χ1v) is 6.18. The molecule has 0 atom stereocenters. The Morgan fingerprint density at radius 1 is 1.00 bits per heavy atom. The molecule has 0 aliphatic carbocycles. The number of benzene rings is 2. The summed E-state index contributed by atoms with van der Waals surface area (Å²) in [5.74, 6) is 1.50. The summed E-state index contributed by atoms with van der Waals surface area (Å²) in [4.78, 5) is 10.7. The third-order valence-corrected chi connectivity index (χ3v) is 2.80.